The molecule has 0 aliphatic carbocycles. The molecule has 0 aromatic heterocycles. The van der Waals surface area contributed by atoms with Crippen molar-refractivity contribution in [2.24, 2.45) is 5.73 Å². The number of benzene rings is 1. The third kappa shape index (κ3) is 3.51. The molecular formula is C12H17ClN2O. The molecule has 3 N–H and O–H groups in total. The summed E-state index contributed by atoms with van der Waals surface area (Å²) in [5.74, 6) is -0.316. The fourth-order valence-corrected chi connectivity index (χ4v) is 1.68. The van der Waals surface area contributed by atoms with Gasteiger partial charge in [-0.1, -0.05) is 30.7 Å². The summed E-state index contributed by atoms with van der Waals surface area (Å²) in [5.41, 5.74) is 6.36. The van der Waals surface area contributed by atoms with Gasteiger partial charge in [-0.2, -0.15) is 0 Å². The van der Waals surface area contributed by atoms with Gasteiger partial charge >= 0.3 is 0 Å². The topological polar surface area (TPSA) is 55.1 Å². The fourth-order valence-electron chi connectivity index (χ4n) is 1.55. The van der Waals surface area contributed by atoms with E-state index in [0.29, 0.717) is 11.4 Å². The van der Waals surface area contributed by atoms with Crippen LogP contribution in [0.3, 0.4) is 0 Å². The number of amides is 1. The van der Waals surface area contributed by atoms with Crippen LogP contribution >= 0.6 is 11.6 Å². The molecule has 1 rings (SSSR count). The van der Waals surface area contributed by atoms with Crippen LogP contribution in [-0.4, -0.2) is 11.9 Å². The summed E-state index contributed by atoms with van der Waals surface area (Å²) in [6, 6.07) is 7.34. The third-order valence-electron chi connectivity index (χ3n) is 2.57. The van der Waals surface area contributed by atoms with E-state index in [-0.39, 0.29) is 18.0 Å². The Kier molecular flexibility index (Phi) is 4.77. The molecule has 2 unspecified atom stereocenters. The SMILES string of the molecule is CCC(NC(C)c1ccc(Cl)cc1)C(N)=O. The van der Waals surface area contributed by atoms with Gasteiger partial charge in [-0.15, -0.1) is 0 Å². The number of halogens is 1. The molecule has 2 atom stereocenters. The van der Waals surface area contributed by atoms with E-state index in [4.69, 9.17) is 17.3 Å². The molecule has 0 bridgehead atoms. The molecule has 4 heteroatoms. The van der Waals surface area contributed by atoms with Gasteiger partial charge in [-0.3, -0.25) is 10.1 Å². The van der Waals surface area contributed by atoms with Crippen molar-refractivity contribution in [3.63, 3.8) is 0 Å². The number of primary amides is 1. The maximum absolute atomic E-state index is 11.1. The Hall–Kier alpha value is -1.06. The third-order valence-corrected chi connectivity index (χ3v) is 2.82. The highest BCUT2D eigenvalue weighted by Gasteiger charge is 2.16. The van der Waals surface area contributed by atoms with Gasteiger partial charge in [0.1, 0.15) is 0 Å². The second-order valence-corrected chi connectivity index (χ2v) is 4.24. The summed E-state index contributed by atoms with van der Waals surface area (Å²) in [4.78, 5) is 11.1. The molecule has 1 aromatic rings. The molecule has 1 amide bonds. The molecule has 0 heterocycles. The number of rotatable bonds is 5. The lowest BCUT2D eigenvalue weighted by Gasteiger charge is -2.20. The molecule has 0 saturated carbocycles. The molecule has 0 radical (unpaired) electrons. The smallest absolute Gasteiger partial charge is 0.234 e. The second-order valence-electron chi connectivity index (χ2n) is 3.80. The lowest BCUT2D eigenvalue weighted by atomic mass is 10.1. The van der Waals surface area contributed by atoms with Gasteiger partial charge in [0.25, 0.3) is 0 Å². The lowest BCUT2D eigenvalue weighted by molar-refractivity contribution is -0.120. The Morgan fingerprint density at radius 3 is 2.44 bits per heavy atom. The van der Waals surface area contributed by atoms with Gasteiger partial charge < -0.3 is 5.73 Å². The van der Waals surface area contributed by atoms with Crippen LogP contribution in [-0.2, 0) is 4.79 Å². The number of nitrogens with two attached hydrogens (primary N) is 1. The Balaban J connectivity index is 2.67. The average molecular weight is 241 g/mol. The predicted octanol–water partition coefficient (Wildman–Crippen LogP) is 2.25. The monoisotopic (exact) mass is 240 g/mol. The van der Waals surface area contributed by atoms with Gasteiger partial charge in [-0.25, -0.2) is 0 Å². The Morgan fingerprint density at radius 1 is 1.44 bits per heavy atom. The van der Waals surface area contributed by atoms with Crippen LogP contribution in [0.2, 0.25) is 5.02 Å². The van der Waals surface area contributed by atoms with E-state index in [1.165, 1.54) is 0 Å². The molecular weight excluding hydrogens is 224 g/mol. The minimum absolute atomic E-state index is 0.0784. The van der Waals surface area contributed by atoms with Crippen LogP contribution in [0.4, 0.5) is 0 Å². The summed E-state index contributed by atoms with van der Waals surface area (Å²) in [6.07, 6.45) is 0.688. The maximum Gasteiger partial charge on any atom is 0.234 e. The molecule has 3 nitrogen and oxygen atoms in total. The molecule has 0 aliphatic heterocycles. The van der Waals surface area contributed by atoms with Crippen LogP contribution in [0.25, 0.3) is 0 Å². The number of hydrogen-bond acceptors (Lipinski definition) is 2. The standard InChI is InChI=1S/C12H17ClN2O/c1-3-11(12(14)16)15-8(2)9-4-6-10(13)7-5-9/h4-8,11,15H,3H2,1-2H3,(H2,14,16). The van der Waals surface area contributed by atoms with E-state index < -0.39 is 0 Å². The van der Waals surface area contributed by atoms with E-state index in [0.717, 1.165) is 5.56 Å². The fraction of sp³-hybridized carbons (Fsp3) is 0.417. The van der Waals surface area contributed by atoms with Crippen molar-refractivity contribution in [3.8, 4) is 0 Å². The first-order chi connectivity index (χ1) is 7.54. The van der Waals surface area contributed by atoms with Gasteiger partial charge in [0, 0.05) is 11.1 Å². The minimum Gasteiger partial charge on any atom is -0.368 e. The summed E-state index contributed by atoms with van der Waals surface area (Å²) >= 11 is 5.81. The Bertz CT molecular complexity index is 351. The van der Waals surface area contributed by atoms with Crippen LogP contribution < -0.4 is 11.1 Å². The summed E-state index contributed by atoms with van der Waals surface area (Å²) in [5, 5.41) is 3.89. The van der Waals surface area contributed by atoms with E-state index in [1.807, 2.05) is 38.1 Å². The van der Waals surface area contributed by atoms with Crippen LogP contribution in [0.1, 0.15) is 31.9 Å². The van der Waals surface area contributed by atoms with Crippen molar-refractivity contribution in [2.45, 2.75) is 32.4 Å². The molecule has 88 valence electrons. The van der Waals surface area contributed by atoms with Crippen molar-refractivity contribution in [1.29, 1.82) is 0 Å². The highest BCUT2D eigenvalue weighted by atomic mass is 35.5. The molecule has 0 spiro atoms. The van der Waals surface area contributed by atoms with Crippen LogP contribution in [0, 0.1) is 0 Å². The van der Waals surface area contributed by atoms with E-state index in [2.05, 4.69) is 5.32 Å². The normalized spacial score (nSPS) is 14.4. The first-order valence-corrected chi connectivity index (χ1v) is 5.73. The van der Waals surface area contributed by atoms with Crippen molar-refractivity contribution in [2.75, 3.05) is 0 Å². The minimum atomic E-state index is -0.316. The number of hydrogen-bond donors (Lipinski definition) is 2. The molecule has 0 aliphatic rings. The van der Waals surface area contributed by atoms with Crippen LogP contribution in [0.5, 0.6) is 0 Å². The van der Waals surface area contributed by atoms with E-state index >= 15 is 0 Å². The van der Waals surface area contributed by atoms with Gasteiger partial charge in [0.15, 0.2) is 0 Å². The number of carbonyl (C=O) groups is 1. The van der Waals surface area contributed by atoms with Crippen molar-refractivity contribution < 1.29 is 4.79 Å². The molecule has 16 heavy (non-hydrogen) atoms. The van der Waals surface area contributed by atoms with Crippen LogP contribution in [0.15, 0.2) is 24.3 Å². The zero-order valence-electron chi connectivity index (χ0n) is 9.53. The van der Waals surface area contributed by atoms with Crippen molar-refractivity contribution in [3.05, 3.63) is 34.9 Å². The van der Waals surface area contributed by atoms with Crippen molar-refractivity contribution >= 4 is 17.5 Å². The first-order valence-electron chi connectivity index (χ1n) is 5.35. The lowest BCUT2D eigenvalue weighted by Crippen LogP contribution is -2.41. The van der Waals surface area contributed by atoms with Crippen molar-refractivity contribution in [1.82, 2.24) is 5.32 Å². The summed E-state index contributed by atoms with van der Waals surface area (Å²) in [6.45, 7) is 3.92. The maximum atomic E-state index is 11.1. The van der Waals surface area contributed by atoms with Gasteiger partial charge in [0.05, 0.1) is 6.04 Å². The van der Waals surface area contributed by atoms with E-state index in [1.54, 1.807) is 0 Å². The number of nitrogens with one attached hydrogen (secondary N) is 1. The van der Waals surface area contributed by atoms with E-state index in [9.17, 15) is 4.79 Å². The van der Waals surface area contributed by atoms with Gasteiger partial charge in [0.2, 0.25) is 5.91 Å². The molecule has 0 saturated heterocycles. The Labute approximate surface area is 101 Å². The number of carbonyl (C=O) groups excluding carboxylic acids is 1. The highest BCUT2D eigenvalue weighted by molar-refractivity contribution is 6.30. The zero-order valence-corrected chi connectivity index (χ0v) is 10.3. The second kappa shape index (κ2) is 5.87. The van der Waals surface area contributed by atoms with Gasteiger partial charge in [-0.05, 0) is 31.0 Å². The summed E-state index contributed by atoms with van der Waals surface area (Å²) in [7, 11) is 0. The Morgan fingerprint density at radius 2 is 2.00 bits per heavy atom. The first kappa shape index (κ1) is 13.0. The quantitative estimate of drug-likeness (QED) is 0.830. The highest BCUT2D eigenvalue weighted by Crippen LogP contribution is 2.16. The predicted molar refractivity (Wildman–Crippen MR) is 66.3 cm³/mol. The average Bonchev–Trinajstić information content (AvgIpc) is 2.26. The molecule has 1 aromatic carbocycles. The largest absolute Gasteiger partial charge is 0.368 e. The summed E-state index contributed by atoms with van der Waals surface area (Å²) < 4.78 is 0. The molecule has 0 fully saturated rings. The zero-order chi connectivity index (χ0) is 12.1.